The summed E-state index contributed by atoms with van der Waals surface area (Å²) in [6, 6.07) is -2.31. The van der Waals surface area contributed by atoms with E-state index in [-0.39, 0.29) is 5.75 Å². The van der Waals surface area contributed by atoms with Crippen LogP contribution in [-0.4, -0.2) is 45.1 Å². The van der Waals surface area contributed by atoms with Gasteiger partial charge >= 0.3 is 11.9 Å². The van der Waals surface area contributed by atoms with Gasteiger partial charge in [0, 0.05) is 5.75 Å². The molecule has 8 nitrogen and oxygen atoms in total. The molecule has 0 aliphatic rings. The SMILES string of the molecule is N[C@@H](CS)C(=O)OC[C@H](N)C(=O)OS(=O)[O-]. The van der Waals surface area contributed by atoms with Crippen LogP contribution in [0.2, 0.25) is 0 Å². The summed E-state index contributed by atoms with van der Waals surface area (Å²) in [6.45, 7) is -0.518. The Labute approximate surface area is 99.5 Å². The first-order chi connectivity index (χ1) is 7.38. The number of carbonyl (C=O) groups is 2. The molecule has 0 aromatic rings. The van der Waals surface area contributed by atoms with Gasteiger partial charge in [-0.15, -0.1) is 0 Å². The number of hydrogen-bond acceptors (Lipinski definition) is 9. The molecule has 0 spiro atoms. The Morgan fingerprint density at radius 3 is 2.31 bits per heavy atom. The molecule has 0 heterocycles. The zero-order valence-corrected chi connectivity index (χ0v) is 9.74. The third-order valence-corrected chi connectivity index (χ3v) is 2.05. The summed E-state index contributed by atoms with van der Waals surface area (Å²) < 4.78 is 28.2. The minimum absolute atomic E-state index is 0.0725. The summed E-state index contributed by atoms with van der Waals surface area (Å²) in [6.07, 6.45) is 0. The fourth-order valence-corrected chi connectivity index (χ4v) is 0.957. The molecule has 94 valence electrons. The van der Waals surface area contributed by atoms with Crippen molar-refractivity contribution in [3.63, 3.8) is 0 Å². The molecule has 0 rings (SSSR count). The van der Waals surface area contributed by atoms with Crippen LogP contribution in [0.5, 0.6) is 0 Å². The first-order valence-electron chi connectivity index (χ1n) is 3.98. The zero-order valence-electron chi connectivity index (χ0n) is 8.03. The molecule has 0 bridgehead atoms. The lowest BCUT2D eigenvalue weighted by Crippen LogP contribution is -2.41. The van der Waals surface area contributed by atoms with Gasteiger partial charge in [0.15, 0.2) is 0 Å². The molecule has 10 heteroatoms. The van der Waals surface area contributed by atoms with Crippen molar-refractivity contribution < 1.29 is 27.3 Å². The Bertz CT molecular complexity index is 286. The minimum Gasteiger partial charge on any atom is -0.740 e. The molecular weight excluding hydrogens is 260 g/mol. The highest BCUT2D eigenvalue weighted by molar-refractivity contribution is 7.80. The molecule has 0 aliphatic heterocycles. The van der Waals surface area contributed by atoms with Crippen molar-refractivity contribution in [1.82, 2.24) is 0 Å². The van der Waals surface area contributed by atoms with Gasteiger partial charge in [-0.05, 0) is 0 Å². The number of hydrogen-bond donors (Lipinski definition) is 3. The van der Waals surface area contributed by atoms with E-state index in [1.54, 1.807) is 0 Å². The molecule has 0 amide bonds. The number of rotatable bonds is 6. The van der Waals surface area contributed by atoms with E-state index in [1.807, 2.05) is 0 Å². The molecule has 4 N–H and O–H groups in total. The Morgan fingerprint density at radius 1 is 1.31 bits per heavy atom. The third kappa shape index (κ3) is 6.02. The number of ether oxygens (including phenoxy) is 1. The van der Waals surface area contributed by atoms with Crippen LogP contribution in [0.15, 0.2) is 0 Å². The molecule has 0 aromatic heterocycles. The lowest BCUT2D eigenvalue weighted by atomic mass is 10.3. The Morgan fingerprint density at radius 2 is 1.88 bits per heavy atom. The second kappa shape index (κ2) is 7.57. The van der Waals surface area contributed by atoms with Crippen LogP contribution in [0, 0.1) is 0 Å². The van der Waals surface area contributed by atoms with Gasteiger partial charge in [-0.2, -0.15) is 12.6 Å². The maximum atomic E-state index is 11.0. The van der Waals surface area contributed by atoms with Gasteiger partial charge in [-0.3, -0.25) is 4.79 Å². The second-order valence-electron chi connectivity index (χ2n) is 2.63. The van der Waals surface area contributed by atoms with Crippen molar-refractivity contribution in [2.75, 3.05) is 12.4 Å². The van der Waals surface area contributed by atoms with Crippen LogP contribution >= 0.6 is 12.6 Å². The molecule has 0 saturated heterocycles. The molecule has 0 fully saturated rings. The van der Waals surface area contributed by atoms with Gasteiger partial charge in [0.2, 0.25) is 0 Å². The Hall–Kier alpha value is -0.680. The number of nitrogens with two attached hydrogens (primary N) is 2. The van der Waals surface area contributed by atoms with Crippen molar-refractivity contribution in [3.8, 4) is 0 Å². The normalized spacial score (nSPS) is 16.0. The maximum absolute atomic E-state index is 11.0. The first-order valence-corrected chi connectivity index (χ1v) is 5.61. The molecule has 16 heavy (non-hydrogen) atoms. The number of carbonyl (C=O) groups excluding carboxylic acids is 2. The molecule has 3 atom stereocenters. The quantitative estimate of drug-likeness (QED) is 0.272. The molecule has 0 saturated carbocycles. The lowest BCUT2D eigenvalue weighted by Gasteiger charge is -2.13. The van der Waals surface area contributed by atoms with Gasteiger partial charge in [0.05, 0.1) is 0 Å². The van der Waals surface area contributed by atoms with Gasteiger partial charge < -0.3 is 24.9 Å². The standard InChI is InChI=1S/C6H12N2O6S2/c7-3(6(10)14-16(11)12)1-13-5(9)4(8)2-15/h3-4,15H,1-2,7-8H2,(H,11,12)/p-1/t3-,4-/m0/s1. The van der Waals surface area contributed by atoms with E-state index in [4.69, 9.17) is 11.5 Å². The highest BCUT2D eigenvalue weighted by Gasteiger charge is 2.20. The fourth-order valence-electron chi connectivity index (χ4n) is 0.550. The molecule has 1 unspecified atom stereocenters. The summed E-state index contributed by atoms with van der Waals surface area (Å²) in [5.41, 5.74) is 10.4. The molecule has 0 aromatic carbocycles. The molecular formula is C6H11N2O6S2-. The number of thiol groups is 1. The van der Waals surface area contributed by atoms with Crippen LogP contribution in [0.1, 0.15) is 0 Å². The topological polar surface area (TPSA) is 145 Å². The fraction of sp³-hybridized carbons (Fsp3) is 0.667. The molecule has 0 radical (unpaired) electrons. The van der Waals surface area contributed by atoms with E-state index in [9.17, 15) is 18.4 Å². The van der Waals surface area contributed by atoms with E-state index in [0.717, 1.165) is 0 Å². The van der Waals surface area contributed by atoms with E-state index in [2.05, 4.69) is 21.5 Å². The maximum Gasteiger partial charge on any atom is 0.339 e. The van der Waals surface area contributed by atoms with E-state index in [0.29, 0.717) is 0 Å². The third-order valence-electron chi connectivity index (χ3n) is 1.36. The summed E-state index contributed by atoms with van der Waals surface area (Å²) in [7, 11) is 0. The summed E-state index contributed by atoms with van der Waals surface area (Å²) >= 11 is 0.757. The average molecular weight is 271 g/mol. The van der Waals surface area contributed by atoms with Crippen LogP contribution in [0.3, 0.4) is 0 Å². The van der Waals surface area contributed by atoms with Crippen molar-refractivity contribution in [1.29, 1.82) is 0 Å². The highest BCUT2D eigenvalue weighted by Crippen LogP contribution is 1.93. The summed E-state index contributed by atoms with van der Waals surface area (Å²) in [4.78, 5) is 21.8. The van der Waals surface area contributed by atoms with Gasteiger partial charge in [0.1, 0.15) is 30.1 Å². The zero-order chi connectivity index (χ0) is 12.7. The van der Waals surface area contributed by atoms with Crippen molar-refractivity contribution >= 4 is 35.9 Å². The van der Waals surface area contributed by atoms with E-state index >= 15 is 0 Å². The van der Waals surface area contributed by atoms with E-state index < -0.39 is 42.0 Å². The van der Waals surface area contributed by atoms with Gasteiger partial charge in [0.25, 0.3) is 0 Å². The smallest absolute Gasteiger partial charge is 0.339 e. The predicted molar refractivity (Wildman–Crippen MR) is 55.8 cm³/mol. The Balaban J connectivity index is 3.97. The van der Waals surface area contributed by atoms with Crippen LogP contribution < -0.4 is 11.5 Å². The van der Waals surface area contributed by atoms with Gasteiger partial charge in [-0.1, -0.05) is 0 Å². The summed E-state index contributed by atoms with van der Waals surface area (Å²) in [5, 5.41) is 0. The minimum atomic E-state index is -3.00. The number of esters is 1. The predicted octanol–water partition coefficient (Wildman–Crippen LogP) is -2.55. The highest BCUT2D eigenvalue weighted by atomic mass is 32.2. The van der Waals surface area contributed by atoms with Crippen molar-refractivity contribution in [2.24, 2.45) is 11.5 Å². The monoisotopic (exact) mass is 271 g/mol. The molecule has 0 aliphatic carbocycles. The van der Waals surface area contributed by atoms with Crippen LogP contribution in [0.4, 0.5) is 0 Å². The lowest BCUT2D eigenvalue weighted by molar-refractivity contribution is -0.147. The summed E-state index contributed by atoms with van der Waals surface area (Å²) in [5.74, 6) is -1.94. The Kier molecular flexibility index (Phi) is 7.25. The van der Waals surface area contributed by atoms with Crippen LogP contribution in [0.25, 0.3) is 0 Å². The average Bonchev–Trinajstić information content (AvgIpc) is 2.23. The van der Waals surface area contributed by atoms with Crippen molar-refractivity contribution in [2.45, 2.75) is 12.1 Å². The second-order valence-corrected chi connectivity index (χ2v) is 3.57. The largest absolute Gasteiger partial charge is 0.740 e. The van der Waals surface area contributed by atoms with Crippen molar-refractivity contribution in [3.05, 3.63) is 0 Å². The van der Waals surface area contributed by atoms with Gasteiger partial charge in [-0.25, -0.2) is 9.00 Å². The first kappa shape index (κ1) is 15.3. The van der Waals surface area contributed by atoms with Crippen LogP contribution in [-0.2, 0) is 29.9 Å². The van der Waals surface area contributed by atoms with E-state index in [1.165, 1.54) is 0 Å².